The van der Waals surface area contributed by atoms with Gasteiger partial charge in [-0.25, -0.2) is 12.8 Å². The van der Waals surface area contributed by atoms with Crippen LogP contribution in [-0.4, -0.2) is 20.4 Å². The van der Waals surface area contributed by atoms with Crippen LogP contribution < -0.4 is 9.62 Å². The van der Waals surface area contributed by atoms with Gasteiger partial charge in [0, 0.05) is 17.6 Å². The molecule has 1 amide bonds. The molecule has 2 aromatic rings. The predicted molar refractivity (Wildman–Crippen MR) is 102 cm³/mol. The van der Waals surface area contributed by atoms with Gasteiger partial charge in [-0.2, -0.15) is 0 Å². The average molecular weight is 388 g/mol. The summed E-state index contributed by atoms with van der Waals surface area (Å²) in [4.78, 5) is 14.5. The third-order valence-corrected chi connectivity index (χ3v) is 6.54. The molecule has 1 heterocycles. The van der Waals surface area contributed by atoms with Crippen LogP contribution >= 0.6 is 0 Å². The molecule has 2 aliphatic rings. The van der Waals surface area contributed by atoms with Gasteiger partial charge in [0.15, 0.2) is 0 Å². The first-order valence-corrected chi connectivity index (χ1v) is 10.5. The number of benzene rings is 2. The summed E-state index contributed by atoms with van der Waals surface area (Å²) in [7, 11) is -3.81. The molecule has 1 N–H and O–H groups in total. The van der Waals surface area contributed by atoms with Gasteiger partial charge in [-0.1, -0.05) is 0 Å². The highest BCUT2D eigenvalue weighted by Crippen LogP contribution is 2.39. The lowest BCUT2D eigenvalue weighted by Gasteiger charge is -2.22. The van der Waals surface area contributed by atoms with E-state index in [1.807, 2.05) is 6.92 Å². The van der Waals surface area contributed by atoms with E-state index in [1.165, 1.54) is 24.3 Å². The van der Waals surface area contributed by atoms with Gasteiger partial charge < -0.3 is 4.90 Å². The largest absolute Gasteiger partial charge is 0.309 e. The molecule has 5 nitrogen and oxygen atoms in total. The van der Waals surface area contributed by atoms with Crippen molar-refractivity contribution in [1.82, 2.24) is 0 Å². The second-order valence-electron chi connectivity index (χ2n) is 7.39. The molecule has 27 heavy (non-hydrogen) atoms. The number of nitrogens with one attached hydrogen (secondary N) is 1. The maximum Gasteiger partial charge on any atom is 0.261 e. The Labute approximate surface area is 158 Å². The number of fused-ring (bicyclic) bond motifs is 1. The number of nitrogens with zero attached hydrogens (tertiary/aromatic N) is 1. The van der Waals surface area contributed by atoms with E-state index in [2.05, 4.69) is 4.72 Å². The summed E-state index contributed by atoms with van der Waals surface area (Å²) in [5, 5.41) is 0. The number of aryl methyl sites for hydroxylation is 1. The van der Waals surface area contributed by atoms with Gasteiger partial charge in [0.1, 0.15) is 5.82 Å². The fourth-order valence-electron chi connectivity index (χ4n) is 3.58. The van der Waals surface area contributed by atoms with Crippen molar-refractivity contribution in [2.24, 2.45) is 5.92 Å². The molecular weight excluding hydrogens is 367 g/mol. The fourth-order valence-corrected chi connectivity index (χ4v) is 4.76. The second kappa shape index (κ2) is 6.34. The Morgan fingerprint density at radius 3 is 2.59 bits per heavy atom. The van der Waals surface area contributed by atoms with E-state index in [9.17, 15) is 17.6 Å². The Kier molecular flexibility index (Phi) is 4.22. The maximum atomic E-state index is 13.2. The average Bonchev–Trinajstić information content (AvgIpc) is 3.39. The molecule has 0 saturated heterocycles. The summed E-state index contributed by atoms with van der Waals surface area (Å²) in [5.41, 5.74) is 2.51. The highest BCUT2D eigenvalue weighted by atomic mass is 32.2. The number of hydrogen-bond acceptors (Lipinski definition) is 3. The minimum absolute atomic E-state index is 0.0263. The molecule has 2 aromatic carbocycles. The summed E-state index contributed by atoms with van der Waals surface area (Å²) in [6, 6.07) is 8.80. The molecule has 1 aliphatic carbocycles. The number of anilines is 2. The Morgan fingerprint density at radius 1 is 1.19 bits per heavy atom. The zero-order valence-electron chi connectivity index (χ0n) is 15.2. The molecule has 4 rings (SSSR count). The maximum absolute atomic E-state index is 13.2. The number of amides is 1. The Bertz CT molecular complexity index is 1030. The van der Waals surface area contributed by atoms with E-state index < -0.39 is 15.8 Å². The first-order valence-electron chi connectivity index (χ1n) is 9.01. The number of sulfonamides is 1. The number of carbonyl (C=O) groups is 1. The third-order valence-electron chi connectivity index (χ3n) is 5.17. The second-order valence-corrected chi connectivity index (χ2v) is 9.07. The molecule has 1 saturated carbocycles. The lowest BCUT2D eigenvalue weighted by atomic mass is 10.1. The zero-order chi connectivity index (χ0) is 19.3. The Morgan fingerprint density at radius 2 is 1.93 bits per heavy atom. The van der Waals surface area contributed by atoms with Crippen LogP contribution in [0.15, 0.2) is 41.3 Å². The van der Waals surface area contributed by atoms with Crippen LogP contribution in [0.3, 0.4) is 0 Å². The van der Waals surface area contributed by atoms with Crippen LogP contribution in [0.1, 0.15) is 30.9 Å². The Balaban J connectivity index is 1.63. The molecule has 0 aromatic heterocycles. The molecule has 0 radical (unpaired) electrons. The van der Waals surface area contributed by atoms with Crippen molar-refractivity contribution in [1.29, 1.82) is 0 Å². The summed E-state index contributed by atoms with van der Waals surface area (Å²) in [6.45, 7) is 3.63. The molecule has 0 spiro atoms. The smallest absolute Gasteiger partial charge is 0.261 e. The first kappa shape index (κ1) is 18.0. The highest BCUT2D eigenvalue weighted by Gasteiger charge is 2.39. The summed E-state index contributed by atoms with van der Waals surface area (Å²) < 4.78 is 41.3. The summed E-state index contributed by atoms with van der Waals surface area (Å²) >= 11 is 0. The highest BCUT2D eigenvalue weighted by molar-refractivity contribution is 7.92. The van der Waals surface area contributed by atoms with Crippen molar-refractivity contribution in [2.75, 3.05) is 9.62 Å². The lowest BCUT2D eigenvalue weighted by Crippen LogP contribution is -2.36. The van der Waals surface area contributed by atoms with E-state index in [4.69, 9.17) is 0 Å². The third kappa shape index (κ3) is 3.32. The quantitative estimate of drug-likeness (QED) is 0.870. The van der Waals surface area contributed by atoms with Crippen LogP contribution in [0.2, 0.25) is 0 Å². The first-order chi connectivity index (χ1) is 12.8. The number of halogens is 1. The van der Waals surface area contributed by atoms with Gasteiger partial charge in [-0.05, 0) is 80.6 Å². The predicted octanol–water partition coefficient (Wildman–Crippen LogP) is 3.62. The van der Waals surface area contributed by atoms with E-state index in [-0.39, 0.29) is 22.8 Å². The molecule has 1 fully saturated rings. The fraction of sp³-hybridized carbons (Fsp3) is 0.350. The molecular formula is C20H21FN2O3S. The monoisotopic (exact) mass is 388 g/mol. The molecule has 142 valence electrons. The normalized spacial score (nSPS) is 19.1. The van der Waals surface area contributed by atoms with Crippen molar-refractivity contribution in [3.05, 3.63) is 53.3 Å². The van der Waals surface area contributed by atoms with Gasteiger partial charge in [-0.3, -0.25) is 9.52 Å². The topological polar surface area (TPSA) is 66.5 Å². The SMILES string of the molecule is Cc1cc(F)ccc1NS(=O)(=O)c1ccc2c(c1)C[C@H](C)N2C(=O)C1CC1. The van der Waals surface area contributed by atoms with Crippen molar-refractivity contribution in [2.45, 2.75) is 44.0 Å². The van der Waals surface area contributed by atoms with Crippen LogP contribution in [0.4, 0.5) is 15.8 Å². The van der Waals surface area contributed by atoms with Gasteiger partial charge in [0.2, 0.25) is 5.91 Å². The molecule has 0 bridgehead atoms. The molecule has 1 aliphatic heterocycles. The van der Waals surface area contributed by atoms with Gasteiger partial charge in [0.25, 0.3) is 10.0 Å². The standard InChI is InChI=1S/C20H21FN2O3S/c1-12-9-16(21)5-7-18(12)22-27(25,26)17-6-8-19-15(11-17)10-13(2)23(19)20(24)14-3-4-14/h5-9,11,13-14,22H,3-4,10H2,1-2H3/t13-/m0/s1. The van der Waals surface area contributed by atoms with E-state index in [0.29, 0.717) is 17.7 Å². The van der Waals surface area contributed by atoms with Crippen molar-refractivity contribution in [3.63, 3.8) is 0 Å². The van der Waals surface area contributed by atoms with Gasteiger partial charge >= 0.3 is 0 Å². The molecule has 7 heteroatoms. The summed E-state index contributed by atoms with van der Waals surface area (Å²) in [5.74, 6) is -0.163. The minimum atomic E-state index is -3.81. The Hall–Kier alpha value is -2.41. The number of hydrogen-bond donors (Lipinski definition) is 1. The molecule has 1 atom stereocenters. The van der Waals surface area contributed by atoms with Crippen molar-refractivity contribution in [3.8, 4) is 0 Å². The van der Waals surface area contributed by atoms with E-state index in [0.717, 1.165) is 24.1 Å². The van der Waals surface area contributed by atoms with Crippen LogP contribution in [-0.2, 0) is 21.2 Å². The van der Waals surface area contributed by atoms with E-state index in [1.54, 1.807) is 24.0 Å². The van der Waals surface area contributed by atoms with Crippen LogP contribution in [0.5, 0.6) is 0 Å². The van der Waals surface area contributed by atoms with Crippen LogP contribution in [0.25, 0.3) is 0 Å². The zero-order valence-corrected chi connectivity index (χ0v) is 16.0. The van der Waals surface area contributed by atoms with Crippen molar-refractivity contribution >= 4 is 27.3 Å². The van der Waals surface area contributed by atoms with Gasteiger partial charge in [-0.15, -0.1) is 0 Å². The molecule has 0 unspecified atom stereocenters. The number of rotatable bonds is 4. The van der Waals surface area contributed by atoms with E-state index >= 15 is 0 Å². The lowest BCUT2D eigenvalue weighted by molar-refractivity contribution is -0.120. The van der Waals surface area contributed by atoms with Crippen LogP contribution in [0, 0.1) is 18.7 Å². The van der Waals surface area contributed by atoms with Gasteiger partial charge in [0.05, 0.1) is 10.6 Å². The minimum Gasteiger partial charge on any atom is -0.309 e. The summed E-state index contributed by atoms with van der Waals surface area (Å²) in [6.07, 6.45) is 2.50. The number of carbonyl (C=O) groups excluding carboxylic acids is 1. The van der Waals surface area contributed by atoms with Crippen molar-refractivity contribution < 1.29 is 17.6 Å².